The number of rotatable bonds is 3. The summed E-state index contributed by atoms with van der Waals surface area (Å²) < 4.78 is 0. The lowest BCUT2D eigenvalue weighted by Gasteiger charge is -2.02. The average molecular weight is 323 g/mol. The first-order valence-corrected chi connectivity index (χ1v) is 7.26. The number of aromatic carboxylic acids is 2. The van der Waals surface area contributed by atoms with Gasteiger partial charge in [0.25, 0.3) is 0 Å². The van der Waals surface area contributed by atoms with Gasteiger partial charge in [0.1, 0.15) is 0 Å². The second-order valence-electron chi connectivity index (χ2n) is 5.03. The third kappa shape index (κ3) is 4.18. The van der Waals surface area contributed by atoms with Gasteiger partial charge in [-0.25, -0.2) is 9.59 Å². The number of benzene rings is 3. The maximum Gasteiger partial charge on any atom is 0.335 e. The van der Waals surface area contributed by atoms with Crippen LogP contribution in [-0.2, 0) is 6.54 Å². The number of carboxylic acid groups (broad SMARTS) is 2. The zero-order valence-electron chi connectivity index (χ0n) is 12.8. The molecule has 122 valence electrons. The predicted molar refractivity (Wildman–Crippen MR) is 92.2 cm³/mol. The van der Waals surface area contributed by atoms with Gasteiger partial charge >= 0.3 is 11.9 Å². The molecule has 0 saturated heterocycles. The number of hydrogen-bond donors (Lipinski definition) is 3. The van der Waals surface area contributed by atoms with Gasteiger partial charge in [0.15, 0.2) is 0 Å². The van der Waals surface area contributed by atoms with Crippen LogP contribution in [0.1, 0.15) is 26.3 Å². The fourth-order valence-electron chi connectivity index (χ4n) is 2.26. The van der Waals surface area contributed by atoms with Gasteiger partial charge in [0, 0.05) is 6.54 Å². The van der Waals surface area contributed by atoms with Crippen molar-refractivity contribution in [2.75, 3.05) is 0 Å². The minimum Gasteiger partial charge on any atom is -0.478 e. The standard InChI is InChI=1S/C11H11N.C8H6O4/c12-8-10-6-3-5-9-4-1-2-7-11(9)10;9-7(10)5-2-1-3-6(4-5)8(11)12/h1-7H,8,12H2;1-4H,(H,9,10)(H,11,12). The Bertz CT molecular complexity index is 839. The van der Waals surface area contributed by atoms with Gasteiger partial charge in [0.05, 0.1) is 11.1 Å². The highest BCUT2D eigenvalue weighted by Gasteiger charge is 2.06. The molecule has 0 saturated carbocycles. The van der Waals surface area contributed by atoms with Gasteiger partial charge in [-0.15, -0.1) is 0 Å². The summed E-state index contributed by atoms with van der Waals surface area (Å²) in [6, 6.07) is 19.7. The zero-order valence-corrected chi connectivity index (χ0v) is 12.8. The van der Waals surface area contributed by atoms with E-state index in [0.717, 1.165) is 6.07 Å². The summed E-state index contributed by atoms with van der Waals surface area (Å²) in [4.78, 5) is 20.8. The lowest BCUT2D eigenvalue weighted by Crippen LogP contribution is -2.01. The van der Waals surface area contributed by atoms with Crippen molar-refractivity contribution in [3.05, 3.63) is 83.4 Å². The van der Waals surface area contributed by atoms with Gasteiger partial charge in [-0.3, -0.25) is 0 Å². The van der Waals surface area contributed by atoms with Gasteiger partial charge < -0.3 is 15.9 Å². The Balaban J connectivity index is 0.000000174. The van der Waals surface area contributed by atoms with Crippen LogP contribution in [0, 0.1) is 0 Å². The molecule has 0 aliphatic heterocycles. The molecule has 4 N–H and O–H groups in total. The minimum absolute atomic E-state index is 0.0186. The number of fused-ring (bicyclic) bond motifs is 1. The molecule has 0 aliphatic rings. The van der Waals surface area contributed by atoms with E-state index in [4.69, 9.17) is 15.9 Å². The van der Waals surface area contributed by atoms with Crippen LogP contribution in [-0.4, -0.2) is 22.2 Å². The summed E-state index contributed by atoms with van der Waals surface area (Å²) in [5, 5.41) is 19.5. The van der Waals surface area contributed by atoms with Crippen LogP contribution in [0.3, 0.4) is 0 Å². The minimum atomic E-state index is -1.13. The maximum atomic E-state index is 10.4. The number of nitrogens with two attached hydrogens (primary N) is 1. The van der Waals surface area contributed by atoms with E-state index in [0.29, 0.717) is 6.54 Å². The van der Waals surface area contributed by atoms with Crippen LogP contribution in [0.25, 0.3) is 10.8 Å². The van der Waals surface area contributed by atoms with Crippen LogP contribution < -0.4 is 5.73 Å². The van der Waals surface area contributed by atoms with Crippen molar-refractivity contribution in [3.8, 4) is 0 Å². The molecule has 0 aromatic heterocycles. The van der Waals surface area contributed by atoms with Crippen molar-refractivity contribution in [1.82, 2.24) is 0 Å². The molecule has 5 nitrogen and oxygen atoms in total. The molecular weight excluding hydrogens is 306 g/mol. The normalized spacial score (nSPS) is 9.88. The maximum absolute atomic E-state index is 10.4. The van der Waals surface area contributed by atoms with Crippen LogP contribution in [0.4, 0.5) is 0 Å². The third-order valence-corrected chi connectivity index (χ3v) is 3.46. The molecule has 0 spiro atoms. The van der Waals surface area contributed by atoms with Gasteiger partial charge in [-0.1, -0.05) is 48.5 Å². The second-order valence-corrected chi connectivity index (χ2v) is 5.03. The van der Waals surface area contributed by atoms with Gasteiger partial charge in [-0.2, -0.15) is 0 Å². The van der Waals surface area contributed by atoms with Crippen molar-refractivity contribution in [1.29, 1.82) is 0 Å². The summed E-state index contributed by atoms with van der Waals surface area (Å²) in [6.07, 6.45) is 0. The van der Waals surface area contributed by atoms with E-state index in [1.165, 1.54) is 34.5 Å². The molecule has 0 radical (unpaired) electrons. The summed E-state index contributed by atoms with van der Waals surface area (Å²) in [5.41, 5.74) is 6.79. The first-order valence-electron chi connectivity index (χ1n) is 7.26. The molecule has 0 bridgehead atoms. The first-order chi connectivity index (χ1) is 11.5. The lowest BCUT2D eigenvalue weighted by atomic mass is 10.1. The molecular formula is C19H17NO4. The highest BCUT2D eigenvalue weighted by atomic mass is 16.4. The molecule has 0 aliphatic carbocycles. The van der Waals surface area contributed by atoms with Crippen LogP contribution in [0.2, 0.25) is 0 Å². The van der Waals surface area contributed by atoms with Crippen LogP contribution in [0.15, 0.2) is 66.7 Å². The summed E-state index contributed by atoms with van der Waals surface area (Å²) >= 11 is 0. The first kappa shape index (κ1) is 17.2. The fraction of sp³-hybridized carbons (Fsp3) is 0.0526. The van der Waals surface area contributed by atoms with E-state index in [-0.39, 0.29) is 11.1 Å². The zero-order chi connectivity index (χ0) is 17.5. The Kier molecular flexibility index (Phi) is 5.65. The van der Waals surface area contributed by atoms with Crippen molar-refractivity contribution < 1.29 is 19.8 Å². The summed E-state index contributed by atoms with van der Waals surface area (Å²) in [7, 11) is 0. The molecule has 24 heavy (non-hydrogen) atoms. The molecule has 0 heterocycles. The van der Waals surface area contributed by atoms with Gasteiger partial charge in [0.2, 0.25) is 0 Å². The lowest BCUT2D eigenvalue weighted by molar-refractivity contribution is 0.0696. The van der Waals surface area contributed by atoms with E-state index < -0.39 is 11.9 Å². The molecule has 0 fully saturated rings. The van der Waals surface area contributed by atoms with E-state index >= 15 is 0 Å². The highest BCUT2D eigenvalue weighted by molar-refractivity contribution is 5.93. The Morgan fingerprint density at radius 3 is 1.92 bits per heavy atom. The van der Waals surface area contributed by atoms with Crippen molar-refractivity contribution in [2.45, 2.75) is 6.54 Å². The van der Waals surface area contributed by atoms with E-state index in [1.807, 2.05) is 18.2 Å². The van der Waals surface area contributed by atoms with Crippen LogP contribution >= 0.6 is 0 Å². The average Bonchev–Trinajstić information content (AvgIpc) is 2.61. The summed E-state index contributed by atoms with van der Waals surface area (Å²) in [5.74, 6) is -2.25. The molecule has 5 heteroatoms. The molecule has 3 rings (SSSR count). The number of carbonyl (C=O) groups is 2. The molecule has 0 atom stereocenters. The smallest absolute Gasteiger partial charge is 0.335 e. The van der Waals surface area contributed by atoms with E-state index in [2.05, 4.69) is 24.3 Å². The van der Waals surface area contributed by atoms with E-state index in [9.17, 15) is 9.59 Å². The Labute approximate surface area is 139 Å². The molecule has 3 aromatic rings. The largest absolute Gasteiger partial charge is 0.478 e. The summed E-state index contributed by atoms with van der Waals surface area (Å²) in [6.45, 7) is 0.612. The van der Waals surface area contributed by atoms with Crippen LogP contribution in [0.5, 0.6) is 0 Å². The number of carboxylic acids is 2. The molecule has 0 unspecified atom stereocenters. The third-order valence-electron chi connectivity index (χ3n) is 3.46. The topological polar surface area (TPSA) is 101 Å². The Morgan fingerprint density at radius 1 is 0.792 bits per heavy atom. The monoisotopic (exact) mass is 323 g/mol. The van der Waals surface area contributed by atoms with Crippen molar-refractivity contribution >= 4 is 22.7 Å². The Morgan fingerprint density at radius 2 is 1.33 bits per heavy atom. The SMILES string of the molecule is NCc1cccc2ccccc12.O=C(O)c1cccc(C(=O)O)c1. The quantitative estimate of drug-likeness (QED) is 0.686. The van der Waals surface area contributed by atoms with Crippen molar-refractivity contribution in [2.24, 2.45) is 5.73 Å². The molecule has 3 aromatic carbocycles. The second kappa shape index (κ2) is 7.89. The highest BCUT2D eigenvalue weighted by Crippen LogP contribution is 2.17. The fourth-order valence-corrected chi connectivity index (χ4v) is 2.26. The predicted octanol–water partition coefficient (Wildman–Crippen LogP) is 3.38. The van der Waals surface area contributed by atoms with Gasteiger partial charge in [-0.05, 0) is 34.5 Å². The number of hydrogen-bond acceptors (Lipinski definition) is 3. The Hall–Kier alpha value is -3.18. The molecule has 0 amide bonds. The van der Waals surface area contributed by atoms with E-state index in [1.54, 1.807) is 0 Å². The van der Waals surface area contributed by atoms with Crippen molar-refractivity contribution in [3.63, 3.8) is 0 Å².